The fourth-order valence-electron chi connectivity index (χ4n) is 5.19. The number of fused-ring (bicyclic) bond motifs is 5. The van der Waals surface area contributed by atoms with Crippen LogP contribution in [-0.4, -0.2) is 54.8 Å². The summed E-state index contributed by atoms with van der Waals surface area (Å²) < 4.78 is 17.0. The smallest absolute Gasteiger partial charge is 0.409 e. The summed E-state index contributed by atoms with van der Waals surface area (Å²) in [4.78, 5) is 27.0. The zero-order valence-corrected chi connectivity index (χ0v) is 22.2. The van der Waals surface area contributed by atoms with E-state index < -0.39 is 23.5 Å². The molecule has 0 spiro atoms. The van der Waals surface area contributed by atoms with Crippen LogP contribution >= 0.6 is 11.6 Å². The number of rotatable bonds is 1. The fraction of sp³-hybridized carbons (Fsp3) is 0.556. The Morgan fingerprint density at radius 1 is 1.31 bits per heavy atom. The first-order chi connectivity index (χ1) is 16.9. The SMILES string of the molecule is COc1cc2cc(c1Cl)N(C)C(=O)CCC1(C)OC1[C@H](C)C1C[C@](O)(C/C=C/C=C(\C)C2)NC(=O)O1. The summed E-state index contributed by atoms with van der Waals surface area (Å²) in [6.45, 7) is 5.92. The van der Waals surface area contributed by atoms with Gasteiger partial charge in [-0.1, -0.05) is 42.3 Å². The van der Waals surface area contributed by atoms with E-state index in [1.54, 1.807) is 19.1 Å². The van der Waals surface area contributed by atoms with Crippen LogP contribution in [0, 0.1) is 5.92 Å². The van der Waals surface area contributed by atoms with Gasteiger partial charge in [-0.25, -0.2) is 4.79 Å². The van der Waals surface area contributed by atoms with E-state index in [2.05, 4.69) is 5.32 Å². The number of carbonyl (C=O) groups excluding carboxylic acids is 2. The van der Waals surface area contributed by atoms with Crippen LogP contribution in [0.4, 0.5) is 10.5 Å². The van der Waals surface area contributed by atoms with Crippen molar-refractivity contribution in [3.63, 3.8) is 0 Å². The maximum atomic E-state index is 13.2. The van der Waals surface area contributed by atoms with E-state index >= 15 is 0 Å². The summed E-state index contributed by atoms with van der Waals surface area (Å²) in [6.07, 6.45) is 6.20. The number of carbonyl (C=O) groups is 2. The normalized spacial score (nSPS) is 35.6. The molecule has 1 aromatic carbocycles. The Kier molecular flexibility index (Phi) is 7.42. The van der Waals surface area contributed by atoms with Crippen molar-refractivity contribution < 1.29 is 28.9 Å². The first kappa shape index (κ1) is 26.5. The van der Waals surface area contributed by atoms with Gasteiger partial charge in [-0.3, -0.25) is 10.1 Å². The summed E-state index contributed by atoms with van der Waals surface area (Å²) in [5.41, 5.74) is 0.692. The largest absolute Gasteiger partial charge is 0.495 e. The standard InChI is InChI=1S/C27H35ClN2O6/c1-16-8-6-7-10-27(33)15-21(35-25(32)29-27)17(2)24-26(3,36-24)11-9-22(31)30(4)19-13-18(12-16)14-20(34-5)23(19)28/h6-8,13-14,17,21,24,33H,9-12,15H2,1-5H3,(H,29,32)/b7-6+,16-8+/t17-,21?,24?,26?,27-/m1/s1. The lowest BCUT2D eigenvalue weighted by Gasteiger charge is -2.38. The molecule has 8 nitrogen and oxygen atoms in total. The van der Waals surface area contributed by atoms with Crippen molar-refractivity contribution in [2.24, 2.45) is 5.92 Å². The first-order valence-corrected chi connectivity index (χ1v) is 12.7. The average molecular weight is 519 g/mol. The molecule has 196 valence electrons. The molecule has 5 atom stereocenters. The third-order valence-corrected chi connectivity index (χ3v) is 7.84. The van der Waals surface area contributed by atoms with Crippen LogP contribution in [0.3, 0.4) is 0 Å². The second kappa shape index (κ2) is 10.1. The second-order valence-electron chi connectivity index (χ2n) is 10.4. The molecule has 2 saturated heterocycles. The number of ether oxygens (including phenoxy) is 3. The van der Waals surface area contributed by atoms with E-state index in [-0.39, 0.29) is 37.2 Å². The van der Waals surface area contributed by atoms with E-state index in [1.165, 1.54) is 0 Å². The molecule has 9 heteroatoms. The van der Waals surface area contributed by atoms with Crippen LogP contribution in [0.15, 0.2) is 35.9 Å². The van der Waals surface area contributed by atoms with Crippen LogP contribution in [0.2, 0.25) is 5.02 Å². The van der Waals surface area contributed by atoms with E-state index in [1.807, 2.05) is 51.1 Å². The Morgan fingerprint density at radius 3 is 2.78 bits per heavy atom. The van der Waals surface area contributed by atoms with Crippen molar-refractivity contribution in [1.29, 1.82) is 0 Å². The number of hydrogen-bond donors (Lipinski definition) is 2. The molecule has 2 N–H and O–H groups in total. The first-order valence-electron chi connectivity index (χ1n) is 12.3. The molecular formula is C27H35ClN2O6. The maximum Gasteiger partial charge on any atom is 0.409 e. The molecular weight excluding hydrogens is 484 g/mol. The second-order valence-corrected chi connectivity index (χ2v) is 10.8. The highest BCUT2D eigenvalue weighted by Gasteiger charge is 2.58. The topological polar surface area (TPSA) is 101 Å². The van der Waals surface area contributed by atoms with Crippen molar-refractivity contribution in [3.05, 3.63) is 46.5 Å². The fourth-order valence-corrected chi connectivity index (χ4v) is 5.51. The summed E-state index contributed by atoms with van der Waals surface area (Å²) >= 11 is 6.59. The Hall–Kier alpha value is -2.55. The molecule has 2 amide bonds. The van der Waals surface area contributed by atoms with Gasteiger partial charge in [0.2, 0.25) is 5.91 Å². The van der Waals surface area contributed by atoms with Gasteiger partial charge in [-0.15, -0.1) is 0 Å². The highest BCUT2D eigenvalue weighted by Crippen LogP contribution is 2.47. The van der Waals surface area contributed by atoms with Crippen LogP contribution in [-0.2, 0) is 20.7 Å². The van der Waals surface area contributed by atoms with Crippen molar-refractivity contribution >= 4 is 29.3 Å². The molecule has 36 heavy (non-hydrogen) atoms. The van der Waals surface area contributed by atoms with E-state index in [0.717, 1.165) is 11.1 Å². The monoisotopic (exact) mass is 518 g/mol. The van der Waals surface area contributed by atoms with Gasteiger partial charge in [0.15, 0.2) is 0 Å². The predicted octanol–water partition coefficient (Wildman–Crippen LogP) is 4.52. The lowest BCUT2D eigenvalue weighted by atomic mass is 9.85. The number of nitrogens with one attached hydrogen (secondary N) is 1. The molecule has 3 aliphatic rings. The van der Waals surface area contributed by atoms with Gasteiger partial charge in [-0.05, 0) is 44.4 Å². The van der Waals surface area contributed by atoms with Crippen molar-refractivity contribution in [3.8, 4) is 5.75 Å². The third kappa shape index (κ3) is 5.56. The molecule has 3 unspecified atom stereocenters. The zero-order valence-electron chi connectivity index (χ0n) is 21.5. The molecule has 1 aromatic rings. The minimum absolute atomic E-state index is 0.0879. The van der Waals surface area contributed by atoms with Gasteiger partial charge >= 0.3 is 6.09 Å². The molecule has 2 fully saturated rings. The van der Waals surface area contributed by atoms with Crippen LogP contribution < -0.4 is 15.0 Å². The summed E-state index contributed by atoms with van der Waals surface area (Å²) in [7, 11) is 3.27. The quantitative estimate of drug-likeness (QED) is 0.530. The van der Waals surface area contributed by atoms with Gasteiger partial charge < -0.3 is 24.2 Å². The number of methoxy groups -OCH3 is 1. The number of anilines is 1. The summed E-state index contributed by atoms with van der Waals surface area (Å²) in [5, 5.41) is 14.0. The van der Waals surface area contributed by atoms with Crippen molar-refractivity contribution in [2.75, 3.05) is 19.1 Å². The van der Waals surface area contributed by atoms with Crippen LogP contribution in [0.25, 0.3) is 0 Å². The van der Waals surface area contributed by atoms with Gasteiger partial charge in [-0.2, -0.15) is 0 Å². The van der Waals surface area contributed by atoms with Gasteiger partial charge in [0.05, 0.1) is 24.5 Å². The Labute approximate surface area is 217 Å². The number of halogens is 1. The van der Waals surface area contributed by atoms with Crippen molar-refractivity contribution in [1.82, 2.24) is 5.32 Å². The van der Waals surface area contributed by atoms with E-state index in [0.29, 0.717) is 29.3 Å². The number of benzene rings is 1. The lowest BCUT2D eigenvalue weighted by Crippen LogP contribution is -2.57. The number of aliphatic hydroxyl groups is 1. The molecule has 0 radical (unpaired) electrons. The molecule has 3 aliphatic heterocycles. The minimum atomic E-state index is -1.40. The van der Waals surface area contributed by atoms with Gasteiger partial charge in [0.1, 0.15) is 22.6 Å². The molecule has 4 bridgehead atoms. The van der Waals surface area contributed by atoms with Gasteiger partial charge in [0, 0.05) is 32.2 Å². The molecule has 4 rings (SSSR count). The maximum absolute atomic E-state index is 13.2. The molecule has 3 heterocycles. The van der Waals surface area contributed by atoms with Crippen LogP contribution in [0.1, 0.15) is 52.0 Å². The molecule has 0 saturated carbocycles. The number of allylic oxidation sites excluding steroid dienone is 3. The minimum Gasteiger partial charge on any atom is -0.495 e. The molecule has 0 aromatic heterocycles. The zero-order chi connectivity index (χ0) is 26.3. The highest BCUT2D eigenvalue weighted by atomic mass is 35.5. The molecule has 0 aliphatic carbocycles. The Morgan fingerprint density at radius 2 is 2.06 bits per heavy atom. The van der Waals surface area contributed by atoms with Gasteiger partial charge in [0.25, 0.3) is 0 Å². The Balaban J connectivity index is 1.66. The number of nitrogens with zero attached hydrogens (tertiary/aromatic N) is 1. The summed E-state index contributed by atoms with van der Waals surface area (Å²) in [5.74, 6) is 0.272. The van der Waals surface area contributed by atoms with Crippen molar-refractivity contribution in [2.45, 2.75) is 76.4 Å². The predicted molar refractivity (Wildman–Crippen MR) is 137 cm³/mol. The third-order valence-electron chi connectivity index (χ3n) is 7.46. The van der Waals surface area contributed by atoms with E-state index in [9.17, 15) is 14.7 Å². The number of amides is 2. The average Bonchev–Trinajstić information content (AvgIpc) is 3.50. The number of alkyl carbamates (subject to hydrolysis) is 1. The number of hydrogen-bond acceptors (Lipinski definition) is 6. The van der Waals surface area contributed by atoms with E-state index in [4.69, 9.17) is 25.8 Å². The highest BCUT2D eigenvalue weighted by molar-refractivity contribution is 6.35. The Bertz CT molecular complexity index is 1100. The summed E-state index contributed by atoms with van der Waals surface area (Å²) in [6, 6.07) is 3.79. The van der Waals surface area contributed by atoms with Crippen LogP contribution in [0.5, 0.6) is 5.75 Å². The lowest BCUT2D eigenvalue weighted by molar-refractivity contribution is -0.118. The number of epoxide rings is 1.